The molecule has 3 atom stereocenters. The predicted molar refractivity (Wildman–Crippen MR) is 242 cm³/mol. The maximum atomic E-state index is 13.9. The van der Waals surface area contributed by atoms with Crippen LogP contribution in [0.1, 0.15) is 22.4 Å². The van der Waals surface area contributed by atoms with Gasteiger partial charge in [0, 0.05) is 58.9 Å². The fourth-order valence-electron chi connectivity index (χ4n) is 7.89. The van der Waals surface area contributed by atoms with Crippen LogP contribution in [0, 0.1) is 0 Å². The standard InChI is InChI=1S/C45H54N5O8P3/c51-44-41-18-10-11-19-43(41)58-45-42(44)21-20-40(46-45)30-47-22-24-48(34-59(52,53)31-37-12-4-1-5-13-37)26-28-50(36-61(56,57)33-39-16-8-3-9-17-39)29-27-49(25-23-47)35-60(54,55)32-38-14-6-2-7-15-38/h1-21H,22-36H2,(H,52,53)(H,54,55)(H,56,57). The zero-order chi connectivity index (χ0) is 42.9. The van der Waals surface area contributed by atoms with E-state index in [1.807, 2.05) is 112 Å². The van der Waals surface area contributed by atoms with Crippen LogP contribution in [0.25, 0.3) is 22.1 Å². The maximum absolute atomic E-state index is 13.9. The molecule has 6 aromatic rings. The Kier molecular flexibility index (Phi) is 15.0. The van der Waals surface area contributed by atoms with Crippen molar-refractivity contribution >= 4 is 44.2 Å². The first kappa shape index (κ1) is 44.9. The van der Waals surface area contributed by atoms with Crippen molar-refractivity contribution in [2.75, 3.05) is 71.2 Å². The highest BCUT2D eigenvalue weighted by atomic mass is 31.2. The summed E-state index contributed by atoms with van der Waals surface area (Å²) in [5.41, 5.74) is 3.47. The van der Waals surface area contributed by atoms with Gasteiger partial charge in [-0.3, -0.25) is 38.1 Å². The van der Waals surface area contributed by atoms with Crippen LogP contribution in [-0.2, 0) is 38.7 Å². The van der Waals surface area contributed by atoms with E-state index in [1.165, 1.54) is 0 Å². The zero-order valence-corrected chi connectivity index (χ0v) is 36.9. The van der Waals surface area contributed by atoms with Gasteiger partial charge in [0.05, 0.1) is 53.8 Å². The van der Waals surface area contributed by atoms with Crippen molar-refractivity contribution in [3.05, 3.63) is 160 Å². The minimum atomic E-state index is -3.72. The Bertz CT molecular complexity index is 2500. The van der Waals surface area contributed by atoms with Gasteiger partial charge in [0.15, 0.2) is 0 Å². The van der Waals surface area contributed by atoms with Crippen LogP contribution >= 0.6 is 22.1 Å². The summed E-state index contributed by atoms with van der Waals surface area (Å²) in [6.07, 6.45) is -0.217. The van der Waals surface area contributed by atoms with Crippen LogP contribution in [0.3, 0.4) is 0 Å². The van der Waals surface area contributed by atoms with Gasteiger partial charge in [-0.15, -0.1) is 0 Å². The average Bonchev–Trinajstić information content (AvgIpc) is 3.22. The Hall–Kier alpha value is -4.09. The minimum Gasteiger partial charge on any atom is -0.437 e. The molecule has 0 radical (unpaired) electrons. The summed E-state index contributed by atoms with van der Waals surface area (Å²) in [6.45, 7) is 3.41. The Morgan fingerprint density at radius 2 is 0.852 bits per heavy atom. The van der Waals surface area contributed by atoms with Crippen molar-refractivity contribution in [3.8, 4) is 0 Å². The van der Waals surface area contributed by atoms with Crippen LogP contribution in [-0.4, -0.2) is 110 Å². The topological polar surface area (TPSA) is 168 Å². The molecule has 1 fully saturated rings. The van der Waals surface area contributed by atoms with Crippen molar-refractivity contribution in [2.45, 2.75) is 25.0 Å². The summed E-state index contributed by atoms with van der Waals surface area (Å²) < 4.78 is 47.6. The molecule has 61 heavy (non-hydrogen) atoms. The number of benzene rings is 4. The van der Waals surface area contributed by atoms with E-state index in [0.717, 1.165) is 16.7 Å². The fourth-order valence-corrected chi connectivity index (χ4v) is 13.3. The van der Waals surface area contributed by atoms with Gasteiger partial charge in [0.1, 0.15) is 5.58 Å². The lowest BCUT2D eigenvalue weighted by molar-refractivity contribution is 0.147. The van der Waals surface area contributed by atoms with Crippen LogP contribution in [0.15, 0.2) is 137 Å². The van der Waals surface area contributed by atoms with Crippen LogP contribution in [0.4, 0.5) is 0 Å². The monoisotopic (exact) mass is 885 g/mol. The first-order valence-corrected chi connectivity index (χ1v) is 26.6. The third-order valence-corrected chi connectivity index (χ3v) is 16.0. The van der Waals surface area contributed by atoms with E-state index in [4.69, 9.17) is 9.40 Å². The molecule has 1 saturated heterocycles. The molecule has 16 heteroatoms. The normalized spacial score (nSPS) is 18.7. The zero-order valence-electron chi connectivity index (χ0n) is 34.2. The van der Waals surface area contributed by atoms with Gasteiger partial charge in [-0.05, 0) is 41.0 Å². The minimum absolute atomic E-state index is 0.000997. The smallest absolute Gasteiger partial charge is 0.230 e. The lowest BCUT2D eigenvalue weighted by atomic mass is 10.2. The van der Waals surface area contributed by atoms with E-state index >= 15 is 0 Å². The first-order chi connectivity index (χ1) is 29.3. The Labute approximate surface area is 356 Å². The van der Waals surface area contributed by atoms with E-state index in [0.29, 0.717) is 81.0 Å². The highest BCUT2D eigenvalue weighted by molar-refractivity contribution is 7.57. The lowest BCUT2D eigenvalue weighted by Crippen LogP contribution is -2.46. The maximum Gasteiger partial charge on any atom is 0.230 e. The Balaban J connectivity index is 1.16. The number of aromatic nitrogens is 1. The van der Waals surface area contributed by atoms with Crippen molar-refractivity contribution in [1.29, 1.82) is 0 Å². The van der Waals surface area contributed by atoms with Gasteiger partial charge in [-0.2, -0.15) is 0 Å². The molecule has 1 aliphatic heterocycles. The second-order valence-corrected chi connectivity index (χ2v) is 23.0. The molecule has 3 N–H and O–H groups in total. The second-order valence-electron chi connectivity index (χ2n) is 16.1. The number of nitrogens with zero attached hydrogens (tertiary/aromatic N) is 5. The van der Waals surface area contributed by atoms with Crippen molar-refractivity contribution in [3.63, 3.8) is 0 Å². The molecule has 0 amide bonds. The van der Waals surface area contributed by atoms with E-state index in [-0.39, 0.29) is 48.5 Å². The van der Waals surface area contributed by atoms with Crippen LogP contribution in [0.2, 0.25) is 0 Å². The van der Waals surface area contributed by atoms with Gasteiger partial charge in [-0.25, -0.2) is 4.98 Å². The first-order valence-electron chi connectivity index (χ1n) is 20.5. The van der Waals surface area contributed by atoms with Gasteiger partial charge in [0.2, 0.25) is 33.2 Å². The fraction of sp³-hybridized carbons (Fsp3) is 0.333. The molecule has 0 aliphatic carbocycles. The van der Waals surface area contributed by atoms with E-state index in [1.54, 1.807) is 30.3 Å². The van der Waals surface area contributed by atoms with Gasteiger partial charge in [-0.1, -0.05) is 103 Å². The number of para-hydroxylation sites is 1. The molecule has 0 spiro atoms. The molecule has 13 nitrogen and oxygen atoms in total. The summed E-state index contributed by atoms with van der Waals surface area (Å²) in [6, 6.07) is 38.3. The SMILES string of the molecule is O=c1c2ccccc2oc2nc(CN3CCN(CP(=O)(O)Cc4ccccc4)CCN(CP(=O)(O)Cc4ccccc4)CCN(CP(=O)(O)Cc4ccccc4)CC3)ccc12. The van der Waals surface area contributed by atoms with Gasteiger partial charge >= 0.3 is 0 Å². The molecule has 0 saturated carbocycles. The van der Waals surface area contributed by atoms with E-state index in [9.17, 15) is 33.2 Å². The molecule has 4 aromatic carbocycles. The third-order valence-electron chi connectivity index (χ3n) is 10.9. The molecule has 2 aromatic heterocycles. The lowest BCUT2D eigenvalue weighted by Gasteiger charge is -2.35. The Morgan fingerprint density at radius 1 is 0.475 bits per heavy atom. The highest BCUT2D eigenvalue weighted by Gasteiger charge is 2.29. The van der Waals surface area contributed by atoms with Crippen molar-refractivity contribution in [2.24, 2.45) is 0 Å². The second kappa shape index (κ2) is 20.4. The molecule has 0 bridgehead atoms. The average molecular weight is 886 g/mol. The predicted octanol–water partition coefficient (Wildman–Crippen LogP) is 7.35. The summed E-state index contributed by atoms with van der Waals surface area (Å²) in [4.78, 5) is 60.1. The molecule has 3 unspecified atom stereocenters. The molecule has 3 heterocycles. The highest BCUT2D eigenvalue weighted by Crippen LogP contribution is 2.47. The van der Waals surface area contributed by atoms with Crippen molar-refractivity contribution in [1.82, 2.24) is 24.6 Å². The third kappa shape index (κ3) is 13.5. The summed E-state index contributed by atoms with van der Waals surface area (Å²) in [7, 11) is -11.1. The molecular formula is C45H54N5O8P3. The van der Waals surface area contributed by atoms with E-state index in [2.05, 4.69) is 4.90 Å². The Morgan fingerprint density at radius 3 is 1.28 bits per heavy atom. The summed E-state index contributed by atoms with van der Waals surface area (Å²) >= 11 is 0. The molecule has 7 rings (SSSR count). The molecule has 322 valence electrons. The van der Waals surface area contributed by atoms with Gasteiger partial charge < -0.3 is 19.1 Å². The number of hydrogen-bond acceptors (Lipinski definition) is 10. The van der Waals surface area contributed by atoms with Crippen LogP contribution in [0.5, 0.6) is 0 Å². The summed E-state index contributed by atoms with van der Waals surface area (Å²) in [5.74, 6) is 0. The van der Waals surface area contributed by atoms with E-state index < -0.39 is 22.1 Å². The largest absolute Gasteiger partial charge is 0.437 e. The molecular weight excluding hydrogens is 831 g/mol. The summed E-state index contributed by atoms with van der Waals surface area (Å²) in [5, 5.41) is 0.856. The number of hydrogen-bond donors (Lipinski definition) is 3. The van der Waals surface area contributed by atoms with Gasteiger partial charge in [0.25, 0.3) is 0 Å². The quantitative estimate of drug-likeness (QED) is 0.0735. The number of pyridine rings is 1. The molecule has 1 aliphatic rings. The van der Waals surface area contributed by atoms with Crippen LogP contribution < -0.4 is 5.43 Å². The number of fused-ring (bicyclic) bond motifs is 2. The number of rotatable bonds is 14. The van der Waals surface area contributed by atoms with Crippen molar-refractivity contribution < 1.29 is 32.8 Å².